The lowest BCUT2D eigenvalue weighted by molar-refractivity contribution is 0.165. The van der Waals surface area contributed by atoms with Crippen LogP contribution >= 0.6 is 0 Å². The van der Waals surface area contributed by atoms with Crippen LogP contribution in [0.25, 0.3) is 0 Å². The fourth-order valence-corrected chi connectivity index (χ4v) is 0. The summed E-state index contributed by atoms with van der Waals surface area (Å²) in [5, 5.41) is 7.92. The number of hydrogen-bond donors (Lipinski definition) is 1. The van der Waals surface area contributed by atoms with Crippen LogP contribution in [0.15, 0.2) is 0 Å². The van der Waals surface area contributed by atoms with Crippen molar-refractivity contribution in [3.63, 3.8) is 0 Å². The van der Waals surface area contributed by atoms with Gasteiger partial charge in [0.05, 0.1) is 0 Å². The standard InChI is InChI=1S/C3H7NO2.HO2S/c1-4(2)3(5)6;1-3-2/h1-2H3,(H,5,6);3H/q;-1. The van der Waals surface area contributed by atoms with Gasteiger partial charge >= 0.3 is 6.09 Å². The van der Waals surface area contributed by atoms with Gasteiger partial charge in [-0.05, 0) is 0 Å². The Labute approximate surface area is 55.9 Å². The molecule has 1 N–H and O–H groups in total. The molecule has 5 nitrogen and oxygen atoms in total. The molecule has 0 aliphatic heterocycles. The summed E-state index contributed by atoms with van der Waals surface area (Å²) in [5.74, 6) is 0. The maximum absolute atomic E-state index is 9.62. The molecule has 9 heavy (non-hydrogen) atoms. The van der Waals surface area contributed by atoms with Gasteiger partial charge in [0.2, 0.25) is 0 Å². The Hall–Kier alpha value is -0.780. The van der Waals surface area contributed by atoms with Gasteiger partial charge in [0.15, 0.2) is 0 Å². The molecule has 1 amide bonds. The van der Waals surface area contributed by atoms with E-state index in [0.717, 1.165) is 4.90 Å². The molecule has 0 heterocycles. The maximum Gasteiger partial charge on any atom is 0.406 e. The Morgan fingerprint density at radius 3 is 1.56 bits per heavy atom. The Morgan fingerprint density at radius 2 is 1.56 bits per heavy atom. The summed E-state index contributed by atoms with van der Waals surface area (Å²) < 4.78 is 16.7. The van der Waals surface area contributed by atoms with Crippen molar-refractivity contribution in [1.82, 2.24) is 4.90 Å². The predicted octanol–water partition coefficient (Wildman–Crippen LogP) is -0.282. The van der Waals surface area contributed by atoms with Crippen molar-refractivity contribution in [3.05, 3.63) is 0 Å². The molecule has 0 atom stereocenters. The van der Waals surface area contributed by atoms with E-state index in [1.807, 2.05) is 0 Å². The summed E-state index contributed by atoms with van der Waals surface area (Å²) in [5.41, 5.74) is 0. The molecule has 0 saturated heterocycles. The first-order valence-electron chi connectivity index (χ1n) is 1.91. The monoisotopic (exact) mass is 154 g/mol. The van der Waals surface area contributed by atoms with Gasteiger partial charge in [-0.25, -0.2) is 4.79 Å². The van der Waals surface area contributed by atoms with Crippen molar-refractivity contribution in [2.45, 2.75) is 0 Å². The van der Waals surface area contributed by atoms with Crippen LogP contribution in [0.3, 0.4) is 0 Å². The third kappa shape index (κ3) is 19.0. The number of carbonyl (C=O) groups is 1. The molecule has 0 radical (unpaired) electrons. The number of hydrogen-bond acceptors (Lipinski definition) is 4. The zero-order chi connectivity index (χ0) is 7.86. The highest BCUT2D eigenvalue weighted by Crippen LogP contribution is 1.69. The van der Waals surface area contributed by atoms with E-state index in [1.165, 1.54) is 14.1 Å². The molecule has 0 unspecified atom stereocenters. The highest BCUT2D eigenvalue weighted by Gasteiger charge is 1.91. The van der Waals surface area contributed by atoms with E-state index in [4.69, 9.17) is 13.5 Å². The molecule has 6 heteroatoms. The number of carboxylic acid groups (broad SMARTS) is 1. The molecule has 0 aromatic carbocycles. The van der Waals surface area contributed by atoms with Gasteiger partial charge in [-0.1, -0.05) is 11.6 Å². The van der Waals surface area contributed by atoms with Crippen LogP contribution in [-0.4, -0.2) is 30.2 Å². The van der Waals surface area contributed by atoms with Gasteiger partial charge in [-0.2, -0.15) is 0 Å². The lowest BCUT2D eigenvalue weighted by atomic mass is 10.9. The molecule has 0 aliphatic rings. The first kappa shape index (κ1) is 11.1. The molecule has 0 rings (SSSR count). The summed E-state index contributed by atoms with van der Waals surface area (Å²) in [6.07, 6.45) is -0.907. The smallest absolute Gasteiger partial charge is 0.406 e. The normalized spacial score (nSPS) is 6.89. The van der Waals surface area contributed by atoms with Crippen molar-refractivity contribution >= 4 is 17.7 Å². The maximum atomic E-state index is 9.62. The van der Waals surface area contributed by atoms with Gasteiger partial charge in [0.25, 0.3) is 0 Å². The van der Waals surface area contributed by atoms with E-state index >= 15 is 0 Å². The van der Waals surface area contributed by atoms with Crippen LogP contribution in [0.1, 0.15) is 0 Å². The fraction of sp³-hybridized carbons (Fsp3) is 0.667. The SMILES string of the molecule is CN(C)C(=O)O.O=[SH-]=O. The highest BCUT2D eigenvalue weighted by molar-refractivity contribution is 7.51. The summed E-state index contributed by atoms with van der Waals surface area (Å²) in [6, 6.07) is 0. The lowest BCUT2D eigenvalue weighted by Gasteiger charge is -1.99. The Balaban J connectivity index is 0. The first-order valence-corrected chi connectivity index (χ1v) is 2.64. The summed E-state index contributed by atoms with van der Waals surface area (Å²) in [6.45, 7) is 0. The topological polar surface area (TPSA) is 74.7 Å². The molecule has 0 aromatic rings. The number of nitrogens with zero attached hydrogens (tertiary/aromatic N) is 1. The minimum absolute atomic E-state index is 0.907. The highest BCUT2D eigenvalue weighted by atomic mass is 32.1. The average molecular weight is 154 g/mol. The van der Waals surface area contributed by atoms with Gasteiger partial charge in [0.1, 0.15) is 0 Å². The molecule has 0 fully saturated rings. The van der Waals surface area contributed by atoms with Crippen LogP contribution in [0.4, 0.5) is 4.79 Å². The van der Waals surface area contributed by atoms with E-state index in [1.54, 1.807) is 0 Å². The van der Waals surface area contributed by atoms with Crippen LogP contribution in [0, 0.1) is 0 Å². The van der Waals surface area contributed by atoms with Crippen LogP contribution in [-0.2, 0) is 20.0 Å². The van der Waals surface area contributed by atoms with E-state index < -0.39 is 17.7 Å². The second kappa shape index (κ2) is 7.22. The average Bonchev–Trinajstić information content (AvgIpc) is 1.68. The van der Waals surface area contributed by atoms with Crippen LogP contribution in [0.2, 0.25) is 0 Å². The lowest BCUT2D eigenvalue weighted by Crippen LogP contribution is -2.18. The van der Waals surface area contributed by atoms with E-state index in [0.29, 0.717) is 0 Å². The summed E-state index contributed by atoms with van der Waals surface area (Å²) >= 11 is -1.08. The Bertz CT molecular complexity index is 117. The Morgan fingerprint density at radius 1 is 1.44 bits per heavy atom. The van der Waals surface area contributed by atoms with E-state index in [2.05, 4.69) is 0 Å². The van der Waals surface area contributed by atoms with Crippen LogP contribution < -0.4 is 0 Å². The quantitative estimate of drug-likeness (QED) is 0.384. The predicted molar refractivity (Wildman–Crippen MR) is 31.8 cm³/mol. The first-order chi connectivity index (χ1) is 4.06. The van der Waals surface area contributed by atoms with Crippen molar-refractivity contribution in [1.29, 1.82) is 0 Å². The second-order valence-electron chi connectivity index (χ2n) is 1.25. The number of amides is 1. The largest absolute Gasteiger partial charge is 0.465 e. The molecule has 56 valence electrons. The zero-order valence-corrected chi connectivity index (χ0v) is 5.96. The van der Waals surface area contributed by atoms with Gasteiger partial charge in [-0.15, -0.1) is 0 Å². The molecule has 0 bridgehead atoms. The van der Waals surface area contributed by atoms with E-state index in [9.17, 15) is 4.79 Å². The third-order valence-corrected chi connectivity index (χ3v) is 0.383. The molecular weight excluding hydrogens is 146 g/mol. The molecular formula is C3H8NO4S-. The molecule has 0 saturated carbocycles. The summed E-state index contributed by atoms with van der Waals surface area (Å²) in [7, 11) is 2.95. The van der Waals surface area contributed by atoms with Crippen LogP contribution in [0.5, 0.6) is 0 Å². The summed E-state index contributed by atoms with van der Waals surface area (Å²) in [4.78, 5) is 10.7. The molecule has 0 aromatic heterocycles. The molecule has 0 spiro atoms. The van der Waals surface area contributed by atoms with Gasteiger partial charge < -0.3 is 18.4 Å². The minimum Gasteiger partial charge on any atom is -0.465 e. The number of rotatable bonds is 0. The van der Waals surface area contributed by atoms with Crippen molar-refractivity contribution < 1.29 is 18.3 Å². The zero-order valence-electron chi connectivity index (χ0n) is 5.07. The van der Waals surface area contributed by atoms with Crippen molar-refractivity contribution in [3.8, 4) is 0 Å². The van der Waals surface area contributed by atoms with Crippen molar-refractivity contribution in [2.24, 2.45) is 0 Å². The van der Waals surface area contributed by atoms with E-state index in [-0.39, 0.29) is 0 Å². The number of thiol groups is 1. The second-order valence-corrected chi connectivity index (χ2v) is 1.40. The fourth-order valence-electron chi connectivity index (χ4n) is 0. The van der Waals surface area contributed by atoms with Gasteiger partial charge in [-0.3, -0.25) is 0 Å². The van der Waals surface area contributed by atoms with Gasteiger partial charge in [0, 0.05) is 14.1 Å². The van der Waals surface area contributed by atoms with Crippen molar-refractivity contribution in [2.75, 3.05) is 14.1 Å². The molecule has 0 aliphatic carbocycles. The third-order valence-electron chi connectivity index (χ3n) is 0.383. The minimum atomic E-state index is -1.08. The Kier molecular flexibility index (Phi) is 8.89.